The highest BCUT2D eigenvalue weighted by molar-refractivity contribution is 5.87. The Bertz CT molecular complexity index is 536. The van der Waals surface area contributed by atoms with Crippen LogP contribution in [-0.2, 0) is 16.1 Å². The number of aliphatic carboxylic acids is 1. The van der Waals surface area contributed by atoms with Gasteiger partial charge in [0.25, 0.3) is 0 Å². The fourth-order valence-corrected chi connectivity index (χ4v) is 3.13. The lowest BCUT2D eigenvalue weighted by molar-refractivity contribution is -0.149. The van der Waals surface area contributed by atoms with Crippen LogP contribution in [0.5, 0.6) is 0 Å². The quantitative estimate of drug-likeness (QED) is 0.593. The van der Waals surface area contributed by atoms with Crippen LogP contribution >= 0.6 is 0 Å². The second-order valence-electron chi connectivity index (χ2n) is 6.23. The van der Waals surface area contributed by atoms with E-state index in [1.807, 2.05) is 30.3 Å². The van der Waals surface area contributed by atoms with Crippen molar-refractivity contribution in [3.8, 4) is 0 Å². The minimum absolute atomic E-state index is 0.104. The number of amides is 1. The van der Waals surface area contributed by atoms with Crippen LogP contribution in [0, 0.1) is 0 Å². The van der Waals surface area contributed by atoms with Gasteiger partial charge in [0.2, 0.25) is 5.91 Å². The van der Waals surface area contributed by atoms with E-state index in [0.717, 1.165) is 24.8 Å². The Hall–Kier alpha value is -1.92. The number of unbranched alkanes of at least 4 members (excludes halogenated alkanes) is 1. The Balaban J connectivity index is 2.00. The predicted molar refractivity (Wildman–Crippen MR) is 92.3 cm³/mol. The van der Waals surface area contributed by atoms with Gasteiger partial charge in [-0.3, -0.25) is 4.79 Å². The molecule has 6 nitrogen and oxygen atoms in total. The zero-order chi connectivity index (χ0) is 17.4. The van der Waals surface area contributed by atoms with Crippen molar-refractivity contribution >= 4 is 11.9 Å². The number of nitrogens with one attached hydrogen (secondary N) is 1. The van der Waals surface area contributed by atoms with Crippen molar-refractivity contribution < 1.29 is 14.7 Å². The molecule has 1 fully saturated rings. The minimum atomic E-state index is -0.912. The standard InChI is InChI=1S/C18H27N3O3/c19-11-5-4-9-15(20-13-14-7-2-1-3-8-14)17(22)21-12-6-10-16(21)18(23)24/h1-3,7-8,15-16,20H,4-6,9-13,19H2,(H,23,24)/t15-,16-/m0/s1. The molecular formula is C18H27N3O3. The van der Waals surface area contributed by atoms with E-state index in [0.29, 0.717) is 32.5 Å². The van der Waals surface area contributed by atoms with Gasteiger partial charge in [-0.1, -0.05) is 36.8 Å². The zero-order valence-corrected chi connectivity index (χ0v) is 14.0. The van der Waals surface area contributed by atoms with E-state index in [1.54, 1.807) is 0 Å². The second-order valence-corrected chi connectivity index (χ2v) is 6.23. The van der Waals surface area contributed by atoms with Gasteiger partial charge in [-0.2, -0.15) is 0 Å². The van der Waals surface area contributed by atoms with Crippen molar-refractivity contribution in [2.75, 3.05) is 13.1 Å². The van der Waals surface area contributed by atoms with Crippen LogP contribution < -0.4 is 11.1 Å². The van der Waals surface area contributed by atoms with Gasteiger partial charge in [-0.05, 0) is 37.8 Å². The molecule has 0 unspecified atom stereocenters. The van der Waals surface area contributed by atoms with Gasteiger partial charge in [0, 0.05) is 13.1 Å². The summed E-state index contributed by atoms with van der Waals surface area (Å²) in [6.07, 6.45) is 3.66. The van der Waals surface area contributed by atoms with Crippen molar-refractivity contribution in [1.29, 1.82) is 0 Å². The average molecular weight is 333 g/mol. The molecule has 24 heavy (non-hydrogen) atoms. The summed E-state index contributed by atoms with van der Waals surface area (Å²) in [5, 5.41) is 12.6. The van der Waals surface area contributed by atoms with E-state index in [-0.39, 0.29) is 11.9 Å². The van der Waals surface area contributed by atoms with Gasteiger partial charge in [0.1, 0.15) is 6.04 Å². The normalized spacial score (nSPS) is 18.5. The van der Waals surface area contributed by atoms with E-state index in [2.05, 4.69) is 5.32 Å². The lowest BCUT2D eigenvalue weighted by Gasteiger charge is -2.27. The number of carbonyl (C=O) groups is 2. The van der Waals surface area contributed by atoms with Crippen LogP contribution in [0.2, 0.25) is 0 Å². The number of hydrogen-bond acceptors (Lipinski definition) is 4. The van der Waals surface area contributed by atoms with E-state index >= 15 is 0 Å². The first-order valence-electron chi connectivity index (χ1n) is 8.64. The lowest BCUT2D eigenvalue weighted by atomic mass is 10.1. The predicted octanol–water partition coefficient (Wildman–Crippen LogP) is 1.35. The van der Waals surface area contributed by atoms with Crippen LogP contribution in [0.1, 0.15) is 37.7 Å². The topological polar surface area (TPSA) is 95.7 Å². The molecule has 0 spiro atoms. The van der Waals surface area contributed by atoms with Crippen LogP contribution in [0.3, 0.4) is 0 Å². The third-order valence-electron chi connectivity index (χ3n) is 4.46. The fraction of sp³-hybridized carbons (Fsp3) is 0.556. The zero-order valence-electron chi connectivity index (χ0n) is 14.0. The van der Waals surface area contributed by atoms with Crippen molar-refractivity contribution in [3.63, 3.8) is 0 Å². The van der Waals surface area contributed by atoms with E-state index in [4.69, 9.17) is 5.73 Å². The molecule has 2 atom stereocenters. The molecule has 1 aliphatic heterocycles. The first kappa shape index (κ1) is 18.4. The molecule has 4 N–H and O–H groups in total. The lowest BCUT2D eigenvalue weighted by Crippen LogP contribution is -2.50. The Morgan fingerprint density at radius 2 is 2.04 bits per heavy atom. The number of hydrogen-bond donors (Lipinski definition) is 3. The Labute approximate surface area is 143 Å². The summed E-state index contributed by atoms with van der Waals surface area (Å²) in [6, 6.07) is 8.83. The van der Waals surface area contributed by atoms with Crippen LogP contribution in [-0.4, -0.2) is 47.1 Å². The summed E-state index contributed by atoms with van der Waals surface area (Å²) >= 11 is 0. The molecule has 0 aliphatic carbocycles. The highest BCUT2D eigenvalue weighted by atomic mass is 16.4. The van der Waals surface area contributed by atoms with Gasteiger partial charge in [0.05, 0.1) is 6.04 Å². The second kappa shape index (κ2) is 9.39. The molecule has 1 heterocycles. The number of carboxylic acid groups (broad SMARTS) is 1. The van der Waals surface area contributed by atoms with Crippen LogP contribution in [0.15, 0.2) is 30.3 Å². The average Bonchev–Trinajstić information content (AvgIpc) is 3.08. The summed E-state index contributed by atoms with van der Waals surface area (Å²) in [5.41, 5.74) is 6.65. The first-order chi connectivity index (χ1) is 11.6. The Morgan fingerprint density at radius 1 is 1.29 bits per heavy atom. The monoisotopic (exact) mass is 333 g/mol. The minimum Gasteiger partial charge on any atom is -0.480 e. The number of carboxylic acids is 1. The summed E-state index contributed by atoms with van der Waals surface area (Å²) in [5.74, 6) is -1.02. The number of nitrogens with zero attached hydrogens (tertiary/aromatic N) is 1. The first-order valence-corrected chi connectivity index (χ1v) is 8.64. The van der Waals surface area contributed by atoms with Crippen molar-refractivity contribution in [2.45, 2.75) is 50.7 Å². The summed E-state index contributed by atoms with van der Waals surface area (Å²) < 4.78 is 0. The maximum Gasteiger partial charge on any atom is 0.326 e. The molecule has 6 heteroatoms. The van der Waals surface area contributed by atoms with Crippen molar-refractivity contribution in [1.82, 2.24) is 10.2 Å². The van der Waals surface area contributed by atoms with Crippen molar-refractivity contribution in [2.24, 2.45) is 5.73 Å². The molecule has 1 aromatic rings. The number of likely N-dealkylation sites (tertiary alicyclic amines) is 1. The molecule has 0 bridgehead atoms. The molecule has 1 aromatic carbocycles. The van der Waals surface area contributed by atoms with E-state index < -0.39 is 12.0 Å². The highest BCUT2D eigenvalue weighted by Gasteiger charge is 2.36. The molecule has 0 aromatic heterocycles. The maximum absolute atomic E-state index is 12.8. The summed E-state index contributed by atoms with van der Waals surface area (Å²) in [4.78, 5) is 25.7. The SMILES string of the molecule is NCCCC[C@H](NCc1ccccc1)C(=O)N1CCC[C@H]1C(=O)O. The highest BCUT2D eigenvalue weighted by Crippen LogP contribution is 2.20. The molecule has 2 rings (SSSR count). The van der Waals surface area contributed by atoms with E-state index in [1.165, 1.54) is 4.90 Å². The van der Waals surface area contributed by atoms with Gasteiger partial charge in [-0.25, -0.2) is 4.79 Å². The fourth-order valence-electron chi connectivity index (χ4n) is 3.13. The molecule has 1 saturated heterocycles. The molecule has 0 radical (unpaired) electrons. The third kappa shape index (κ3) is 5.04. The largest absolute Gasteiger partial charge is 0.480 e. The maximum atomic E-state index is 12.8. The van der Waals surface area contributed by atoms with Crippen LogP contribution in [0.4, 0.5) is 0 Å². The molecular weight excluding hydrogens is 306 g/mol. The smallest absolute Gasteiger partial charge is 0.326 e. The van der Waals surface area contributed by atoms with Crippen molar-refractivity contribution in [3.05, 3.63) is 35.9 Å². The summed E-state index contributed by atoms with van der Waals surface area (Å²) in [7, 11) is 0. The number of benzene rings is 1. The summed E-state index contributed by atoms with van der Waals surface area (Å²) in [6.45, 7) is 1.71. The van der Waals surface area contributed by atoms with Gasteiger partial charge in [0.15, 0.2) is 0 Å². The molecule has 0 saturated carbocycles. The Kier molecular flexibility index (Phi) is 7.21. The molecule has 1 amide bonds. The molecule has 132 valence electrons. The van der Waals surface area contributed by atoms with Crippen LogP contribution in [0.25, 0.3) is 0 Å². The number of nitrogens with two attached hydrogens (primary N) is 1. The van der Waals surface area contributed by atoms with E-state index in [9.17, 15) is 14.7 Å². The van der Waals surface area contributed by atoms with Gasteiger partial charge < -0.3 is 21.1 Å². The number of carbonyl (C=O) groups excluding carboxylic acids is 1. The Morgan fingerprint density at radius 3 is 2.71 bits per heavy atom. The van der Waals surface area contributed by atoms with Gasteiger partial charge in [-0.15, -0.1) is 0 Å². The molecule has 1 aliphatic rings. The number of rotatable bonds is 9. The van der Waals surface area contributed by atoms with Gasteiger partial charge >= 0.3 is 5.97 Å². The third-order valence-corrected chi connectivity index (χ3v) is 4.46.